The Kier molecular flexibility index (Phi) is 5.21. The Balaban J connectivity index is 2.49. The van der Waals surface area contributed by atoms with Crippen molar-refractivity contribution in [2.75, 3.05) is 0 Å². The van der Waals surface area contributed by atoms with Crippen LogP contribution in [0.15, 0.2) is 23.1 Å². The monoisotopic (exact) mass is 410 g/mol. The van der Waals surface area contributed by atoms with Gasteiger partial charge in [0.25, 0.3) is 0 Å². The summed E-state index contributed by atoms with van der Waals surface area (Å²) >= 11 is 12.4. The lowest BCUT2D eigenvalue weighted by molar-refractivity contribution is -0.137. The first-order valence-electron chi connectivity index (χ1n) is 5.81. The van der Waals surface area contributed by atoms with Crippen molar-refractivity contribution in [2.45, 2.75) is 23.5 Å². The summed E-state index contributed by atoms with van der Waals surface area (Å²) in [4.78, 5) is 0.608. The van der Waals surface area contributed by atoms with Gasteiger partial charge in [0.1, 0.15) is 0 Å². The van der Waals surface area contributed by atoms with E-state index in [0.29, 0.717) is 17.0 Å². The molecule has 0 fully saturated rings. The van der Waals surface area contributed by atoms with Gasteiger partial charge in [-0.1, -0.05) is 23.2 Å². The maximum atomic E-state index is 12.7. The lowest BCUT2D eigenvalue weighted by atomic mass is 10.1. The summed E-state index contributed by atoms with van der Waals surface area (Å²) in [6, 6.07) is 2.63. The molecule has 0 bridgehead atoms. The van der Waals surface area contributed by atoms with Crippen LogP contribution in [-0.2, 0) is 6.18 Å². The minimum absolute atomic E-state index is 0.0375. The molecule has 10 heteroatoms. The maximum absolute atomic E-state index is 12.7. The molecular formula is C13H6Cl2F6S2. The summed E-state index contributed by atoms with van der Waals surface area (Å²) in [6.45, 7) is 1.48. The summed E-state index contributed by atoms with van der Waals surface area (Å²) in [5.41, 5.74) is -5.39. The van der Waals surface area contributed by atoms with Gasteiger partial charge in [0.2, 0.25) is 0 Å². The van der Waals surface area contributed by atoms with Crippen LogP contribution in [0, 0.1) is 6.92 Å². The lowest BCUT2D eigenvalue weighted by Crippen LogP contribution is -2.05. The Morgan fingerprint density at radius 1 is 0.957 bits per heavy atom. The van der Waals surface area contributed by atoms with E-state index in [0.717, 1.165) is 11.3 Å². The number of alkyl halides is 6. The minimum atomic E-state index is -4.62. The normalized spacial score (nSPS) is 12.7. The lowest BCUT2D eigenvalue weighted by Gasteiger charge is -2.11. The zero-order valence-corrected chi connectivity index (χ0v) is 14.2. The SMILES string of the molecule is Cc1sc(-c2c(Cl)cc(C(F)(F)F)cc2Cl)cc1SC(F)(F)F. The summed E-state index contributed by atoms with van der Waals surface area (Å²) in [7, 11) is 0. The van der Waals surface area contributed by atoms with Crippen molar-refractivity contribution >= 4 is 46.3 Å². The van der Waals surface area contributed by atoms with E-state index >= 15 is 0 Å². The van der Waals surface area contributed by atoms with Gasteiger partial charge in [0.05, 0.1) is 15.6 Å². The molecule has 0 nitrogen and oxygen atoms in total. The molecule has 0 unspecified atom stereocenters. The van der Waals surface area contributed by atoms with Crippen molar-refractivity contribution in [1.29, 1.82) is 0 Å². The fourth-order valence-corrected chi connectivity index (χ4v) is 4.47. The zero-order valence-electron chi connectivity index (χ0n) is 11.1. The van der Waals surface area contributed by atoms with Gasteiger partial charge in [0, 0.05) is 20.2 Å². The molecule has 2 rings (SSSR count). The van der Waals surface area contributed by atoms with Crippen LogP contribution in [0.2, 0.25) is 10.0 Å². The molecule has 23 heavy (non-hydrogen) atoms. The third kappa shape index (κ3) is 4.49. The highest BCUT2D eigenvalue weighted by molar-refractivity contribution is 8.00. The largest absolute Gasteiger partial charge is 0.446 e. The van der Waals surface area contributed by atoms with Crippen molar-refractivity contribution in [3.05, 3.63) is 38.7 Å². The van der Waals surface area contributed by atoms with Gasteiger partial charge in [-0.25, -0.2) is 0 Å². The molecule has 0 spiro atoms. The topological polar surface area (TPSA) is 0 Å². The van der Waals surface area contributed by atoms with Gasteiger partial charge in [-0.15, -0.1) is 11.3 Å². The molecule has 0 aliphatic rings. The van der Waals surface area contributed by atoms with E-state index in [4.69, 9.17) is 23.2 Å². The fourth-order valence-electron chi connectivity index (χ4n) is 1.79. The molecule has 0 radical (unpaired) electrons. The van der Waals surface area contributed by atoms with Crippen LogP contribution in [0.1, 0.15) is 10.4 Å². The minimum Gasteiger partial charge on any atom is -0.166 e. The second-order valence-electron chi connectivity index (χ2n) is 4.39. The quantitative estimate of drug-likeness (QED) is 0.361. The predicted octanol–water partition coefficient (Wildman–Crippen LogP) is 7.66. The first-order valence-corrected chi connectivity index (χ1v) is 8.20. The number of rotatable bonds is 2. The smallest absolute Gasteiger partial charge is 0.166 e. The zero-order chi connectivity index (χ0) is 17.6. The van der Waals surface area contributed by atoms with Crippen LogP contribution in [0.25, 0.3) is 10.4 Å². The molecule has 0 atom stereocenters. The highest BCUT2D eigenvalue weighted by Crippen LogP contribution is 2.47. The average Bonchev–Trinajstić information content (AvgIpc) is 2.66. The van der Waals surface area contributed by atoms with E-state index in [-0.39, 0.29) is 37.1 Å². The number of aryl methyl sites for hydroxylation is 1. The molecule has 2 aromatic rings. The number of thioether (sulfide) groups is 1. The van der Waals surface area contributed by atoms with E-state index in [2.05, 4.69) is 0 Å². The van der Waals surface area contributed by atoms with E-state index in [1.807, 2.05) is 0 Å². The predicted molar refractivity (Wildman–Crippen MR) is 81.4 cm³/mol. The van der Waals surface area contributed by atoms with Crippen LogP contribution in [0.3, 0.4) is 0 Å². The average molecular weight is 411 g/mol. The molecule has 0 amide bonds. The molecule has 0 saturated heterocycles. The standard InChI is InChI=1S/C13H6Cl2F6S2/c1-5-9(23-13(19,20)21)4-10(22-5)11-7(14)2-6(3-8(11)15)12(16,17)18/h2-4H,1H3. The third-order valence-corrected chi connectivity index (χ3v) is 5.38. The van der Waals surface area contributed by atoms with Crippen LogP contribution in [0.5, 0.6) is 0 Å². The van der Waals surface area contributed by atoms with Gasteiger partial charge in [0.15, 0.2) is 0 Å². The van der Waals surface area contributed by atoms with Gasteiger partial charge in [-0.05, 0) is 36.9 Å². The Labute approximate surface area is 145 Å². The second-order valence-corrected chi connectivity index (χ2v) is 7.57. The molecule has 1 aromatic carbocycles. The molecular weight excluding hydrogens is 405 g/mol. The van der Waals surface area contributed by atoms with Gasteiger partial charge in [-0.2, -0.15) is 26.3 Å². The van der Waals surface area contributed by atoms with Crippen molar-refractivity contribution < 1.29 is 26.3 Å². The highest BCUT2D eigenvalue weighted by atomic mass is 35.5. The first-order chi connectivity index (χ1) is 10.4. The molecule has 0 saturated carbocycles. The number of halogens is 8. The fraction of sp³-hybridized carbons (Fsp3) is 0.231. The van der Waals surface area contributed by atoms with Crippen molar-refractivity contribution in [3.8, 4) is 10.4 Å². The molecule has 0 N–H and O–H groups in total. The van der Waals surface area contributed by atoms with Crippen LogP contribution >= 0.6 is 46.3 Å². The highest BCUT2D eigenvalue weighted by Gasteiger charge is 2.33. The van der Waals surface area contributed by atoms with Crippen LogP contribution < -0.4 is 0 Å². The molecule has 126 valence electrons. The molecule has 0 aliphatic heterocycles. The van der Waals surface area contributed by atoms with Crippen molar-refractivity contribution in [2.24, 2.45) is 0 Å². The molecule has 1 aromatic heterocycles. The van der Waals surface area contributed by atoms with Gasteiger partial charge < -0.3 is 0 Å². The number of benzene rings is 1. The van der Waals surface area contributed by atoms with Gasteiger partial charge >= 0.3 is 11.7 Å². The van der Waals surface area contributed by atoms with Crippen LogP contribution in [-0.4, -0.2) is 5.51 Å². The van der Waals surface area contributed by atoms with E-state index in [9.17, 15) is 26.3 Å². The Morgan fingerprint density at radius 2 is 1.48 bits per heavy atom. The Hall–Kier alpha value is -0.570. The Bertz CT molecular complexity index is 710. The summed E-state index contributed by atoms with van der Waals surface area (Å²) in [6.07, 6.45) is -4.62. The number of thiophene rings is 1. The van der Waals surface area contributed by atoms with Crippen LogP contribution in [0.4, 0.5) is 26.3 Å². The summed E-state index contributed by atoms with van der Waals surface area (Å²) in [5.74, 6) is 0. The van der Waals surface area contributed by atoms with Gasteiger partial charge in [-0.3, -0.25) is 0 Å². The first kappa shape index (κ1) is 18.8. The van der Waals surface area contributed by atoms with E-state index in [1.54, 1.807) is 0 Å². The summed E-state index contributed by atoms with van der Waals surface area (Å²) in [5, 5.41) is -0.538. The molecule has 1 heterocycles. The third-order valence-electron chi connectivity index (χ3n) is 2.71. The van der Waals surface area contributed by atoms with Crippen molar-refractivity contribution in [3.63, 3.8) is 0 Å². The van der Waals surface area contributed by atoms with E-state index < -0.39 is 17.2 Å². The van der Waals surface area contributed by atoms with Crippen molar-refractivity contribution in [1.82, 2.24) is 0 Å². The summed E-state index contributed by atoms with van der Waals surface area (Å²) < 4.78 is 75.5. The molecule has 0 aliphatic carbocycles. The number of hydrogen-bond acceptors (Lipinski definition) is 2. The van der Waals surface area contributed by atoms with E-state index in [1.165, 1.54) is 13.0 Å². The number of hydrogen-bond donors (Lipinski definition) is 0. The second kappa shape index (κ2) is 6.38. The Morgan fingerprint density at radius 3 is 1.91 bits per heavy atom. The maximum Gasteiger partial charge on any atom is 0.446 e.